The quantitative estimate of drug-likeness (QED) is 0.374. The third-order valence-electron chi connectivity index (χ3n) is 4.62. The van der Waals surface area contributed by atoms with Crippen molar-refractivity contribution in [1.29, 1.82) is 0 Å². The molecule has 0 amide bonds. The summed E-state index contributed by atoms with van der Waals surface area (Å²) in [6.45, 7) is 0.573. The van der Waals surface area contributed by atoms with Gasteiger partial charge >= 0.3 is 0 Å². The van der Waals surface area contributed by atoms with Gasteiger partial charge in [0.25, 0.3) is 0 Å². The Morgan fingerprint density at radius 2 is 1.03 bits per heavy atom. The van der Waals surface area contributed by atoms with Gasteiger partial charge in [-0.25, -0.2) is 0 Å². The molecule has 0 bridgehead atoms. The van der Waals surface area contributed by atoms with Crippen LogP contribution in [-0.2, 0) is 0 Å². The Kier molecular flexibility index (Phi) is 7.65. The molecule has 0 aromatic heterocycles. The normalized spacial score (nSPS) is 9.87. The van der Waals surface area contributed by atoms with Gasteiger partial charge < -0.3 is 14.2 Å². The van der Waals surface area contributed by atoms with Gasteiger partial charge in [0.2, 0.25) is 0 Å². The Labute approximate surface area is 184 Å². The number of rotatable bonds is 9. The van der Waals surface area contributed by atoms with E-state index >= 15 is 0 Å². The zero-order valence-electron chi connectivity index (χ0n) is 17.1. The molecule has 0 spiro atoms. The lowest BCUT2D eigenvalue weighted by atomic mass is 9.84. The summed E-state index contributed by atoms with van der Waals surface area (Å²) in [7, 11) is 0. The molecule has 3 heteroatoms. The lowest BCUT2D eigenvalue weighted by molar-refractivity contribution is 0.360. The molecule has 0 saturated carbocycles. The smallest absolute Gasteiger partial charge is 0.148 e. The van der Waals surface area contributed by atoms with Crippen molar-refractivity contribution in [3.63, 3.8) is 0 Å². The van der Waals surface area contributed by atoms with Crippen LogP contribution in [0.1, 0.15) is 22.6 Å². The standard InChI is InChI=1S/C28H22O3/c1-4-19-29-23-17-15-22(16-18-23)28(24-11-7-9-13-26(24)30-20-5-2)25-12-8-10-14-27(25)31-21-6-3/h1-3,7-18,28H,19-21H2. The fraction of sp³-hybridized carbons (Fsp3) is 0.143. The summed E-state index contributed by atoms with van der Waals surface area (Å²) < 4.78 is 17.2. The maximum atomic E-state index is 5.85. The summed E-state index contributed by atoms with van der Waals surface area (Å²) >= 11 is 0. The van der Waals surface area contributed by atoms with E-state index < -0.39 is 0 Å². The fourth-order valence-electron chi connectivity index (χ4n) is 3.35. The van der Waals surface area contributed by atoms with Gasteiger partial charge in [-0.05, 0) is 29.8 Å². The molecular weight excluding hydrogens is 384 g/mol. The zero-order chi connectivity index (χ0) is 21.9. The summed E-state index contributed by atoms with van der Waals surface area (Å²) in [5.74, 6) is 9.48. The molecule has 0 aliphatic carbocycles. The van der Waals surface area contributed by atoms with E-state index in [2.05, 4.69) is 17.8 Å². The van der Waals surface area contributed by atoms with Crippen molar-refractivity contribution in [2.24, 2.45) is 0 Å². The van der Waals surface area contributed by atoms with Gasteiger partial charge in [-0.1, -0.05) is 66.3 Å². The topological polar surface area (TPSA) is 27.7 Å². The van der Waals surface area contributed by atoms with Crippen LogP contribution in [0.15, 0.2) is 72.8 Å². The number of para-hydroxylation sites is 2. The van der Waals surface area contributed by atoms with E-state index in [9.17, 15) is 0 Å². The maximum Gasteiger partial charge on any atom is 0.148 e. The number of terminal acetylenes is 3. The predicted molar refractivity (Wildman–Crippen MR) is 123 cm³/mol. The molecular formula is C28H22O3. The Morgan fingerprint density at radius 3 is 1.52 bits per heavy atom. The van der Waals surface area contributed by atoms with Gasteiger partial charge in [0, 0.05) is 17.0 Å². The summed E-state index contributed by atoms with van der Waals surface area (Å²) in [6.07, 6.45) is 16.1. The van der Waals surface area contributed by atoms with Crippen LogP contribution in [0, 0.1) is 37.0 Å². The van der Waals surface area contributed by atoms with Gasteiger partial charge in [0.05, 0.1) is 0 Å². The predicted octanol–water partition coefficient (Wildman–Crippen LogP) is 4.90. The fourth-order valence-corrected chi connectivity index (χ4v) is 3.35. The molecule has 3 aromatic rings. The van der Waals surface area contributed by atoms with Gasteiger partial charge in [0.15, 0.2) is 0 Å². The molecule has 0 aliphatic heterocycles. The molecule has 0 N–H and O–H groups in total. The highest BCUT2D eigenvalue weighted by Gasteiger charge is 2.24. The maximum absolute atomic E-state index is 5.85. The van der Waals surface area contributed by atoms with Crippen LogP contribution in [0.25, 0.3) is 0 Å². The van der Waals surface area contributed by atoms with Gasteiger partial charge in [0.1, 0.15) is 37.1 Å². The first-order chi connectivity index (χ1) is 15.3. The van der Waals surface area contributed by atoms with E-state index in [0.29, 0.717) is 17.2 Å². The minimum absolute atomic E-state index is 0.176. The Bertz CT molecular complexity index is 1060. The van der Waals surface area contributed by atoms with Gasteiger partial charge in [-0.3, -0.25) is 0 Å². The third-order valence-corrected chi connectivity index (χ3v) is 4.62. The summed E-state index contributed by atoms with van der Waals surface area (Å²) in [4.78, 5) is 0. The zero-order valence-corrected chi connectivity index (χ0v) is 17.1. The van der Waals surface area contributed by atoms with Crippen molar-refractivity contribution in [3.05, 3.63) is 89.5 Å². The highest BCUT2D eigenvalue weighted by atomic mass is 16.5. The van der Waals surface area contributed by atoms with Crippen molar-refractivity contribution >= 4 is 0 Å². The first-order valence-electron chi connectivity index (χ1n) is 9.75. The molecule has 0 fully saturated rings. The van der Waals surface area contributed by atoms with Crippen molar-refractivity contribution in [2.75, 3.05) is 19.8 Å². The molecule has 0 atom stereocenters. The molecule has 0 heterocycles. The average Bonchev–Trinajstić information content (AvgIpc) is 2.82. The van der Waals surface area contributed by atoms with Crippen molar-refractivity contribution in [1.82, 2.24) is 0 Å². The monoisotopic (exact) mass is 406 g/mol. The van der Waals surface area contributed by atoms with Crippen LogP contribution >= 0.6 is 0 Å². The van der Waals surface area contributed by atoms with Crippen LogP contribution < -0.4 is 14.2 Å². The SMILES string of the molecule is C#CCOc1ccc(C(c2ccccc2OCC#C)c2ccccc2OCC#C)cc1. The van der Waals surface area contributed by atoms with E-state index in [1.165, 1.54) is 0 Å². The first kappa shape index (κ1) is 21.4. The van der Waals surface area contributed by atoms with Crippen LogP contribution in [0.5, 0.6) is 17.2 Å². The largest absolute Gasteiger partial charge is 0.481 e. The molecule has 0 radical (unpaired) electrons. The first-order valence-corrected chi connectivity index (χ1v) is 9.75. The number of hydrogen-bond acceptors (Lipinski definition) is 3. The highest BCUT2D eigenvalue weighted by Crippen LogP contribution is 2.41. The lowest BCUT2D eigenvalue weighted by Gasteiger charge is -2.23. The molecule has 0 unspecified atom stereocenters. The molecule has 3 aromatic carbocycles. The van der Waals surface area contributed by atoms with Gasteiger partial charge in [-0.15, -0.1) is 19.3 Å². The molecule has 0 aliphatic rings. The third kappa shape index (κ3) is 5.42. The van der Waals surface area contributed by atoms with Crippen LogP contribution in [-0.4, -0.2) is 19.8 Å². The van der Waals surface area contributed by atoms with E-state index in [1.807, 2.05) is 72.8 Å². The van der Waals surface area contributed by atoms with E-state index in [4.69, 9.17) is 33.5 Å². The van der Waals surface area contributed by atoms with Crippen molar-refractivity contribution in [3.8, 4) is 54.3 Å². The van der Waals surface area contributed by atoms with Crippen LogP contribution in [0.4, 0.5) is 0 Å². The second kappa shape index (κ2) is 11.1. The Morgan fingerprint density at radius 1 is 0.581 bits per heavy atom. The molecule has 31 heavy (non-hydrogen) atoms. The second-order valence-corrected chi connectivity index (χ2v) is 6.56. The Balaban J connectivity index is 2.12. The van der Waals surface area contributed by atoms with Crippen molar-refractivity contribution in [2.45, 2.75) is 5.92 Å². The Hall–Kier alpha value is -4.26. The van der Waals surface area contributed by atoms with Crippen LogP contribution in [0.3, 0.4) is 0 Å². The van der Waals surface area contributed by atoms with Gasteiger partial charge in [-0.2, -0.15) is 0 Å². The summed E-state index contributed by atoms with van der Waals surface area (Å²) in [5, 5.41) is 0. The molecule has 0 saturated heterocycles. The molecule has 3 rings (SSSR count). The minimum atomic E-state index is -0.176. The summed E-state index contributed by atoms with van der Waals surface area (Å²) in [6, 6.07) is 23.5. The molecule has 3 nitrogen and oxygen atoms in total. The van der Waals surface area contributed by atoms with Crippen LogP contribution in [0.2, 0.25) is 0 Å². The molecule has 152 valence electrons. The summed E-state index contributed by atoms with van der Waals surface area (Å²) in [5.41, 5.74) is 2.96. The number of hydrogen-bond donors (Lipinski definition) is 0. The average molecular weight is 406 g/mol. The van der Waals surface area contributed by atoms with E-state index in [-0.39, 0.29) is 25.7 Å². The lowest BCUT2D eigenvalue weighted by Crippen LogP contribution is -2.09. The minimum Gasteiger partial charge on any atom is -0.481 e. The number of ether oxygens (including phenoxy) is 3. The van der Waals surface area contributed by atoms with E-state index in [0.717, 1.165) is 16.7 Å². The van der Waals surface area contributed by atoms with E-state index in [1.54, 1.807) is 0 Å². The van der Waals surface area contributed by atoms with Crippen molar-refractivity contribution < 1.29 is 14.2 Å². The highest BCUT2D eigenvalue weighted by molar-refractivity contribution is 5.53. The second-order valence-electron chi connectivity index (χ2n) is 6.56. The number of benzene rings is 3.